The summed E-state index contributed by atoms with van der Waals surface area (Å²) in [4.78, 5) is 10.9. The highest BCUT2D eigenvalue weighted by Crippen LogP contribution is 2.38. The third-order valence-corrected chi connectivity index (χ3v) is 5.57. The van der Waals surface area contributed by atoms with Gasteiger partial charge < -0.3 is 9.47 Å². The maximum absolute atomic E-state index is 6.18. The monoisotopic (exact) mass is 371 g/mol. The lowest BCUT2D eigenvalue weighted by Crippen LogP contribution is -2.64. The van der Waals surface area contributed by atoms with Gasteiger partial charge >= 0.3 is 6.01 Å². The first-order chi connectivity index (χ1) is 13.1. The Kier molecular flexibility index (Phi) is 5.41. The Morgan fingerprint density at radius 1 is 1.37 bits per heavy atom. The van der Waals surface area contributed by atoms with Crippen molar-refractivity contribution in [3.63, 3.8) is 0 Å². The molecule has 1 atom stereocenters. The molecule has 7 nitrogen and oxygen atoms in total. The van der Waals surface area contributed by atoms with Crippen LogP contribution in [0.2, 0.25) is 0 Å². The lowest BCUT2D eigenvalue weighted by Gasteiger charge is -2.53. The minimum atomic E-state index is 0.0451. The molecule has 1 spiro atoms. The number of hydrogen-bond acceptors (Lipinski definition) is 6. The first-order valence-electron chi connectivity index (χ1n) is 9.94. The average molecular weight is 371 g/mol. The van der Waals surface area contributed by atoms with Crippen LogP contribution in [-0.4, -0.2) is 56.6 Å². The quantitative estimate of drug-likeness (QED) is 0.745. The molecule has 4 heterocycles. The van der Waals surface area contributed by atoms with E-state index in [1.807, 2.05) is 23.9 Å². The Bertz CT molecular complexity index is 756. The second kappa shape index (κ2) is 7.94. The lowest BCUT2D eigenvalue weighted by molar-refractivity contribution is -0.182. The summed E-state index contributed by atoms with van der Waals surface area (Å²) in [6, 6.07) is 2.37. The smallest absolute Gasteiger partial charge is 0.316 e. The summed E-state index contributed by atoms with van der Waals surface area (Å²) in [6.07, 6.45) is 9.13. The van der Waals surface area contributed by atoms with Gasteiger partial charge in [0.2, 0.25) is 0 Å². The zero-order chi connectivity index (χ0) is 18.7. The van der Waals surface area contributed by atoms with Gasteiger partial charge in [-0.2, -0.15) is 5.10 Å². The molecule has 2 aromatic rings. The van der Waals surface area contributed by atoms with E-state index in [1.54, 1.807) is 6.20 Å². The van der Waals surface area contributed by atoms with Gasteiger partial charge in [0.05, 0.1) is 18.4 Å². The van der Waals surface area contributed by atoms with Crippen molar-refractivity contribution in [1.29, 1.82) is 0 Å². The van der Waals surface area contributed by atoms with Gasteiger partial charge in [-0.15, -0.1) is 0 Å². The van der Waals surface area contributed by atoms with Crippen molar-refractivity contribution >= 4 is 0 Å². The Morgan fingerprint density at radius 3 is 3.04 bits per heavy atom. The molecule has 0 N–H and O–H groups in total. The fourth-order valence-electron chi connectivity index (χ4n) is 4.21. The lowest BCUT2D eigenvalue weighted by atomic mass is 9.79. The van der Waals surface area contributed by atoms with Crippen LogP contribution in [0, 0.1) is 12.8 Å². The van der Waals surface area contributed by atoms with E-state index < -0.39 is 0 Å². The van der Waals surface area contributed by atoms with E-state index in [1.165, 1.54) is 5.56 Å². The number of nitrogens with zero attached hydrogens (tertiary/aromatic N) is 5. The van der Waals surface area contributed by atoms with Crippen LogP contribution in [0.25, 0.3) is 0 Å². The molecule has 0 radical (unpaired) electrons. The number of hydrogen-bond donors (Lipinski definition) is 0. The van der Waals surface area contributed by atoms with Gasteiger partial charge in [0.1, 0.15) is 0 Å². The van der Waals surface area contributed by atoms with Gasteiger partial charge in [-0.25, -0.2) is 9.97 Å². The van der Waals surface area contributed by atoms with Crippen LogP contribution in [0.4, 0.5) is 0 Å². The molecule has 2 aromatic heterocycles. The number of ether oxygens (including phenoxy) is 2. The predicted molar refractivity (Wildman–Crippen MR) is 101 cm³/mol. The molecule has 7 heteroatoms. The second-order valence-electron chi connectivity index (χ2n) is 7.86. The van der Waals surface area contributed by atoms with E-state index in [0.717, 1.165) is 57.7 Å². The summed E-state index contributed by atoms with van der Waals surface area (Å²) < 4.78 is 13.9. The summed E-state index contributed by atoms with van der Waals surface area (Å²) in [6.45, 7) is 9.50. The Hall–Kier alpha value is -1.99. The van der Waals surface area contributed by atoms with Gasteiger partial charge in [0.15, 0.2) is 0 Å². The van der Waals surface area contributed by atoms with Gasteiger partial charge in [0.25, 0.3) is 0 Å². The zero-order valence-corrected chi connectivity index (χ0v) is 16.3. The highest BCUT2D eigenvalue weighted by Gasteiger charge is 2.47. The van der Waals surface area contributed by atoms with Crippen LogP contribution in [0.5, 0.6) is 6.01 Å². The van der Waals surface area contributed by atoms with Crippen molar-refractivity contribution in [2.24, 2.45) is 5.92 Å². The normalized spacial score (nSPS) is 21.9. The molecule has 0 unspecified atom stereocenters. The highest BCUT2D eigenvalue weighted by atomic mass is 16.5. The predicted octanol–water partition coefficient (Wildman–Crippen LogP) is 2.45. The summed E-state index contributed by atoms with van der Waals surface area (Å²) >= 11 is 0. The molecule has 0 aliphatic carbocycles. The summed E-state index contributed by atoms with van der Waals surface area (Å²) in [7, 11) is 0. The first-order valence-corrected chi connectivity index (χ1v) is 9.94. The number of aromatic nitrogens is 4. The van der Waals surface area contributed by atoms with E-state index in [9.17, 15) is 0 Å². The molecule has 0 saturated carbocycles. The third kappa shape index (κ3) is 4.47. The average Bonchev–Trinajstić information content (AvgIpc) is 3.09. The van der Waals surface area contributed by atoms with Crippen LogP contribution >= 0.6 is 0 Å². The largest absolute Gasteiger partial charge is 0.463 e. The van der Waals surface area contributed by atoms with E-state index in [0.29, 0.717) is 18.5 Å². The first kappa shape index (κ1) is 18.4. The standard InChI is InChI=1S/C20H29N5O2/c1-3-25-13-18(11-22-25)12-24-14-20(15-24)10-17(6-9-27-20)5-8-26-19-21-7-4-16(2)23-19/h4,7,11,13,17H,3,5-6,8-10,12,14-15H2,1-2H3/t17-/m1/s1. The Labute approximate surface area is 160 Å². The molecule has 0 amide bonds. The van der Waals surface area contributed by atoms with Gasteiger partial charge in [-0.3, -0.25) is 9.58 Å². The van der Waals surface area contributed by atoms with Crippen LogP contribution in [0.3, 0.4) is 0 Å². The summed E-state index contributed by atoms with van der Waals surface area (Å²) in [5.41, 5.74) is 2.26. The molecule has 2 saturated heterocycles. The minimum absolute atomic E-state index is 0.0451. The van der Waals surface area contributed by atoms with Crippen LogP contribution in [0.15, 0.2) is 24.7 Å². The molecule has 27 heavy (non-hydrogen) atoms. The molecule has 0 aromatic carbocycles. The van der Waals surface area contributed by atoms with E-state index in [-0.39, 0.29) is 5.60 Å². The van der Waals surface area contributed by atoms with Crippen molar-refractivity contribution in [3.8, 4) is 6.01 Å². The number of aryl methyl sites for hydroxylation is 2. The second-order valence-corrected chi connectivity index (χ2v) is 7.86. The number of likely N-dealkylation sites (tertiary alicyclic amines) is 1. The molecule has 0 bridgehead atoms. The molecule has 2 aliphatic rings. The summed E-state index contributed by atoms with van der Waals surface area (Å²) in [5, 5.41) is 4.36. The molecule has 2 aliphatic heterocycles. The Balaban J connectivity index is 1.21. The molecule has 146 valence electrons. The van der Waals surface area contributed by atoms with Crippen molar-refractivity contribution in [3.05, 3.63) is 35.9 Å². The van der Waals surface area contributed by atoms with Gasteiger partial charge in [-0.1, -0.05) is 0 Å². The van der Waals surface area contributed by atoms with Crippen molar-refractivity contribution in [2.45, 2.75) is 51.8 Å². The molecule has 2 fully saturated rings. The SMILES string of the molecule is CCn1cc(CN2CC3(C[C@H](CCOc4nccc(C)n4)CCO3)C2)cn1. The molecular formula is C20H29N5O2. The molecular weight excluding hydrogens is 342 g/mol. The Morgan fingerprint density at radius 2 is 2.26 bits per heavy atom. The van der Waals surface area contributed by atoms with Crippen LogP contribution in [0.1, 0.15) is 37.4 Å². The highest BCUT2D eigenvalue weighted by molar-refractivity contribution is 5.08. The zero-order valence-electron chi connectivity index (χ0n) is 16.3. The van der Waals surface area contributed by atoms with E-state index in [4.69, 9.17) is 9.47 Å². The maximum atomic E-state index is 6.18. The molecule has 4 rings (SSSR count). The maximum Gasteiger partial charge on any atom is 0.316 e. The fourth-order valence-corrected chi connectivity index (χ4v) is 4.21. The van der Waals surface area contributed by atoms with Crippen molar-refractivity contribution < 1.29 is 9.47 Å². The minimum Gasteiger partial charge on any atom is -0.463 e. The third-order valence-electron chi connectivity index (χ3n) is 5.57. The van der Waals surface area contributed by atoms with Crippen molar-refractivity contribution in [2.75, 3.05) is 26.3 Å². The summed E-state index contributed by atoms with van der Waals surface area (Å²) in [5.74, 6) is 0.647. The topological polar surface area (TPSA) is 65.3 Å². The van der Waals surface area contributed by atoms with Crippen LogP contribution < -0.4 is 4.74 Å². The van der Waals surface area contributed by atoms with Gasteiger partial charge in [-0.05, 0) is 45.1 Å². The van der Waals surface area contributed by atoms with Gasteiger partial charge in [0, 0.05) is 56.4 Å². The number of rotatable bonds is 7. The van der Waals surface area contributed by atoms with Crippen molar-refractivity contribution in [1.82, 2.24) is 24.6 Å². The van der Waals surface area contributed by atoms with Crippen LogP contribution in [-0.2, 0) is 17.8 Å². The van der Waals surface area contributed by atoms with E-state index in [2.05, 4.69) is 33.1 Å². The van der Waals surface area contributed by atoms with E-state index >= 15 is 0 Å². The fraction of sp³-hybridized carbons (Fsp3) is 0.650.